The first kappa shape index (κ1) is 10.9. The van der Waals surface area contributed by atoms with Crippen LogP contribution in [-0.2, 0) is 0 Å². The molecule has 0 fully saturated rings. The second kappa shape index (κ2) is 4.54. The van der Waals surface area contributed by atoms with Crippen LogP contribution in [0.2, 0.25) is 0 Å². The summed E-state index contributed by atoms with van der Waals surface area (Å²) in [5.74, 6) is 0.717. The van der Waals surface area contributed by atoms with E-state index in [9.17, 15) is 0 Å². The zero-order chi connectivity index (χ0) is 12.4. The third-order valence-electron chi connectivity index (χ3n) is 2.75. The van der Waals surface area contributed by atoms with Crippen LogP contribution in [-0.4, -0.2) is 15.8 Å². The van der Waals surface area contributed by atoms with Crippen molar-refractivity contribution in [3.05, 3.63) is 59.7 Å². The molecule has 1 aliphatic rings. The number of amidine groups is 1. The molecule has 2 aromatic rings. The average Bonchev–Trinajstić information content (AvgIpc) is 2.89. The van der Waals surface area contributed by atoms with Crippen LogP contribution in [0.15, 0.2) is 47.8 Å². The topological polar surface area (TPSA) is 62.2 Å². The van der Waals surface area contributed by atoms with Crippen molar-refractivity contribution in [3.63, 3.8) is 0 Å². The standard InChI is InChI=1S/C13H13N5/c1-9-3-2-4-10(7-9)12-16-13(18-17-12)11-8-14-5-6-15-11/h2-8,12,17H,1H3,(H,16,18). The van der Waals surface area contributed by atoms with Gasteiger partial charge in [0.1, 0.15) is 11.9 Å². The Bertz CT molecular complexity index is 579. The van der Waals surface area contributed by atoms with Crippen LogP contribution in [0.1, 0.15) is 23.0 Å². The summed E-state index contributed by atoms with van der Waals surface area (Å²) in [6, 6.07) is 8.26. The van der Waals surface area contributed by atoms with E-state index in [-0.39, 0.29) is 6.17 Å². The van der Waals surface area contributed by atoms with Crippen molar-refractivity contribution in [3.8, 4) is 0 Å². The molecule has 90 valence electrons. The van der Waals surface area contributed by atoms with Crippen LogP contribution in [0.4, 0.5) is 0 Å². The fraction of sp³-hybridized carbons (Fsp3) is 0.154. The van der Waals surface area contributed by atoms with Crippen LogP contribution in [0.5, 0.6) is 0 Å². The third-order valence-corrected chi connectivity index (χ3v) is 2.75. The summed E-state index contributed by atoms with van der Waals surface area (Å²) in [4.78, 5) is 12.8. The molecule has 1 aliphatic heterocycles. The molecule has 2 heterocycles. The number of hydrazine groups is 1. The van der Waals surface area contributed by atoms with Gasteiger partial charge in [0.05, 0.1) is 6.20 Å². The van der Waals surface area contributed by atoms with Gasteiger partial charge in [0, 0.05) is 12.4 Å². The van der Waals surface area contributed by atoms with Crippen molar-refractivity contribution in [2.24, 2.45) is 4.99 Å². The number of hydrogen-bond donors (Lipinski definition) is 2. The van der Waals surface area contributed by atoms with Gasteiger partial charge in [-0.25, -0.2) is 15.4 Å². The summed E-state index contributed by atoms with van der Waals surface area (Å²) >= 11 is 0. The van der Waals surface area contributed by atoms with Crippen molar-refractivity contribution in [2.75, 3.05) is 0 Å². The molecule has 0 amide bonds. The van der Waals surface area contributed by atoms with Crippen molar-refractivity contribution in [1.82, 2.24) is 20.8 Å². The molecule has 5 heteroatoms. The van der Waals surface area contributed by atoms with Crippen molar-refractivity contribution < 1.29 is 0 Å². The maximum atomic E-state index is 4.56. The van der Waals surface area contributed by atoms with Crippen LogP contribution in [0.25, 0.3) is 0 Å². The summed E-state index contributed by atoms with van der Waals surface area (Å²) < 4.78 is 0. The molecule has 0 aliphatic carbocycles. The first-order valence-electron chi connectivity index (χ1n) is 5.75. The second-order valence-corrected chi connectivity index (χ2v) is 4.15. The lowest BCUT2D eigenvalue weighted by molar-refractivity contribution is 0.574. The number of hydrogen-bond acceptors (Lipinski definition) is 5. The lowest BCUT2D eigenvalue weighted by Gasteiger charge is -2.07. The summed E-state index contributed by atoms with van der Waals surface area (Å²) in [6.45, 7) is 2.07. The van der Waals surface area contributed by atoms with Crippen molar-refractivity contribution >= 4 is 5.84 Å². The minimum Gasteiger partial charge on any atom is -0.302 e. The smallest absolute Gasteiger partial charge is 0.165 e. The third kappa shape index (κ3) is 2.08. The van der Waals surface area contributed by atoms with E-state index in [4.69, 9.17) is 0 Å². The van der Waals surface area contributed by atoms with Gasteiger partial charge in [-0.3, -0.25) is 4.98 Å². The van der Waals surface area contributed by atoms with Crippen LogP contribution in [0, 0.1) is 6.92 Å². The number of rotatable bonds is 2. The van der Waals surface area contributed by atoms with Crippen molar-refractivity contribution in [2.45, 2.75) is 13.1 Å². The van der Waals surface area contributed by atoms with Gasteiger partial charge in [-0.05, 0) is 12.5 Å². The van der Waals surface area contributed by atoms with Crippen LogP contribution >= 0.6 is 0 Å². The summed E-state index contributed by atoms with van der Waals surface area (Å²) in [7, 11) is 0. The molecule has 2 N–H and O–H groups in total. The number of aliphatic imine (C=N–C) groups is 1. The van der Waals surface area contributed by atoms with Gasteiger partial charge >= 0.3 is 0 Å². The Hall–Kier alpha value is -2.27. The Morgan fingerprint density at radius 3 is 2.94 bits per heavy atom. The van der Waals surface area contributed by atoms with Gasteiger partial charge in [-0.2, -0.15) is 0 Å². The highest BCUT2D eigenvalue weighted by Crippen LogP contribution is 2.18. The van der Waals surface area contributed by atoms with Gasteiger partial charge in [-0.15, -0.1) is 0 Å². The largest absolute Gasteiger partial charge is 0.302 e. The monoisotopic (exact) mass is 239 g/mol. The average molecular weight is 239 g/mol. The zero-order valence-electron chi connectivity index (χ0n) is 9.96. The van der Waals surface area contributed by atoms with E-state index in [1.54, 1.807) is 18.6 Å². The van der Waals surface area contributed by atoms with E-state index in [0.717, 1.165) is 17.1 Å². The SMILES string of the molecule is Cc1cccc(C2N=C(c3cnccn3)NN2)c1. The normalized spacial score (nSPS) is 18.3. The minimum absolute atomic E-state index is 0.0816. The van der Waals surface area contributed by atoms with Gasteiger partial charge in [-0.1, -0.05) is 29.8 Å². The molecular weight excluding hydrogens is 226 g/mol. The molecule has 0 saturated heterocycles. The number of benzene rings is 1. The maximum Gasteiger partial charge on any atom is 0.165 e. The van der Waals surface area contributed by atoms with E-state index in [0.29, 0.717) is 0 Å². The van der Waals surface area contributed by atoms with E-state index < -0.39 is 0 Å². The summed E-state index contributed by atoms with van der Waals surface area (Å²) in [5, 5.41) is 0. The van der Waals surface area contributed by atoms with Crippen LogP contribution < -0.4 is 10.9 Å². The number of nitrogens with zero attached hydrogens (tertiary/aromatic N) is 3. The fourth-order valence-corrected chi connectivity index (χ4v) is 1.88. The highest BCUT2D eigenvalue weighted by molar-refractivity contribution is 5.97. The fourth-order valence-electron chi connectivity index (χ4n) is 1.88. The first-order chi connectivity index (χ1) is 8.83. The minimum atomic E-state index is -0.0816. The van der Waals surface area contributed by atoms with Crippen molar-refractivity contribution in [1.29, 1.82) is 0 Å². The van der Waals surface area contributed by atoms with Gasteiger partial charge in [0.25, 0.3) is 0 Å². The maximum absolute atomic E-state index is 4.56. The number of aromatic nitrogens is 2. The predicted molar refractivity (Wildman–Crippen MR) is 68.8 cm³/mol. The molecule has 1 aromatic heterocycles. The number of aryl methyl sites for hydroxylation is 1. The first-order valence-corrected chi connectivity index (χ1v) is 5.75. The quantitative estimate of drug-likeness (QED) is 0.830. The highest BCUT2D eigenvalue weighted by atomic mass is 15.5. The zero-order valence-corrected chi connectivity index (χ0v) is 9.96. The highest BCUT2D eigenvalue weighted by Gasteiger charge is 2.19. The summed E-state index contributed by atoms with van der Waals surface area (Å²) in [6.07, 6.45) is 4.90. The van der Waals surface area contributed by atoms with Gasteiger partial charge in [0.2, 0.25) is 0 Å². The van der Waals surface area contributed by atoms with Gasteiger partial charge < -0.3 is 5.43 Å². The molecular formula is C13H13N5. The second-order valence-electron chi connectivity index (χ2n) is 4.15. The molecule has 0 radical (unpaired) electrons. The van der Waals surface area contributed by atoms with E-state index >= 15 is 0 Å². The van der Waals surface area contributed by atoms with E-state index in [1.165, 1.54) is 5.56 Å². The Labute approximate surface area is 105 Å². The lowest BCUT2D eigenvalue weighted by Crippen LogP contribution is -2.32. The molecule has 3 rings (SSSR count). The van der Waals surface area contributed by atoms with E-state index in [2.05, 4.69) is 50.9 Å². The summed E-state index contributed by atoms with van der Waals surface area (Å²) in [5.41, 5.74) is 9.25. The van der Waals surface area contributed by atoms with Crippen LogP contribution in [0.3, 0.4) is 0 Å². The molecule has 1 aromatic carbocycles. The Balaban J connectivity index is 1.88. The van der Waals surface area contributed by atoms with Gasteiger partial charge in [0.15, 0.2) is 5.84 Å². The Morgan fingerprint density at radius 2 is 2.17 bits per heavy atom. The molecule has 0 saturated carbocycles. The Morgan fingerprint density at radius 1 is 1.22 bits per heavy atom. The molecule has 0 spiro atoms. The molecule has 0 bridgehead atoms. The number of nitrogens with one attached hydrogen (secondary N) is 2. The molecule has 1 atom stereocenters. The Kier molecular flexibility index (Phi) is 2.74. The lowest BCUT2D eigenvalue weighted by atomic mass is 10.1. The molecule has 5 nitrogen and oxygen atoms in total. The molecule has 18 heavy (non-hydrogen) atoms. The predicted octanol–water partition coefficient (Wildman–Crippen LogP) is 1.34. The van der Waals surface area contributed by atoms with E-state index in [1.807, 2.05) is 6.07 Å². The molecule has 1 unspecified atom stereocenters.